The van der Waals surface area contributed by atoms with Crippen LogP contribution in [0.15, 0.2) is 12.1 Å². The summed E-state index contributed by atoms with van der Waals surface area (Å²) >= 11 is 0. The monoisotopic (exact) mass is 366 g/mol. The molecule has 0 radical (unpaired) electrons. The van der Waals surface area contributed by atoms with Gasteiger partial charge in [-0.1, -0.05) is 19.5 Å². The molecule has 14 heavy (non-hydrogen) atoms. The first-order chi connectivity index (χ1) is 6.29. The van der Waals surface area contributed by atoms with Gasteiger partial charge < -0.3 is 29.3 Å². The van der Waals surface area contributed by atoms with Gasteiger partial charge in [0.2, 0.25) is 0 Å². The summed E-state index contributed by atoms with van der Waals surface area (Å²) in [6.07, 6.45) is 0. The van der Waals surface area contributed by atoms with Gasteiger partial charge in [-0.05, 0) is 0 Å². The zero-order valence-electron chi connectivity index (χ0n) is 9.28. The molecular weight excluding hydrogens is 348 g/mol. The number of aromatic nitrogens is 1. The van der Waals surface area contributed by atoms with Gasteiger partial charge in [-0.3, -0.25) is 0 Å². The zero-order valence-corrected chi connectivity index (χ0v) is 12.2. The first-order valence-corrected chi connectivity index (χ1v) is 3.95. The van der Waals surface area contributed by atoms with Crippen LogP contribution in [0.4, 0.5) is 0 Å². The standard InChI is InChI=1S/C6H8N.2C2H5.NO.W/c1-5-3-4-6(2)7-5;3*1-2;/h3-4H,1-2H3;2*1H2,2H3;;/q4*-1;. The molecule has 1 heterocycles. The van der Waals surface area contributed by atoms with Gasteiger partial charge in [0.25, 0.3) is 0 Å². The van der Waals surface area contributed by atoms with E-state index in [1.165, 1.54) is 0 Å². The van der Waals surface area contributed by atoms with Crippen LogP contribution in [-0.4, -0.2) is 4.98 Å². The van der Waals surface area contributed by atoms with Gasteiger partial charge in [-0.25, -0.2) is 0 Å². The van der Waals surface area contributed by atoms with Gasteiger partial charge in [-0.2, -0.15) is 26.0 Å². The van der Waals surface area contributed by atoms with Crippen LogP contribution in [0.3, 0.4) is 0 Å². The van der Waals surface area contributed by atoms with Crippen LogP contribution in [-0.2, 0) is 21.1 Å². The number of hydrogen-bond acceptors (Lipinski definition) is 2. The Hall–Kier alpha value is -0.432. The molecule has 0 N–H and O–H groups in total. The topological polar surface area (TPSA) is 52.3 Å². The van der Waals surface area contributed by atoms with Gasteiger partial charge in [0, 0.05) is 21.1 Å². The Morgan fingerprint density at radius 1 is 1.29 bits per heavy atom. The summed E-state index contributed by atoms with van der Waals surface area (Å²) in [6, 6.07) is 4.02. The minimum absolute atomic E-state index is 0. The van der Waals surface area contributed by atoms with Crippen molar-refractivity contribution >= 4 is 0 Å². The SMILES string of the molecule is Cc1cc[c-](C)n1.[CH2-]C.[CH2-]C.[N-]=O.[W]. The van der Waals surface area contributed by atoms with E-state index >= 15 is 0 Å². The van der Waals surface area contributed by atoms with Crippen molar-refractivity contribution in [3.05, 3.63) is 47.9 Å². The number of aryl methyl sites for hydroxylation is 2. The molecule has 3 nitrogen and oxygen atoms in total. The summed E-state index contributed by atoms with van der Waals surface area (Å²) in [5, 5.41) is 0. The normalized spacial score (nSPS) is 5.86. The Morgan fingerprint density at radius 2 is 1.64 bits per heavy atom. The summed E-state index contributed by atoms with van der Waals surface area (Å²) < 4.78 is 0. The molecule has 0 aliphatic rings. The molecule has 4 heteroatoms. The molecule has 0 aliphatic carbocycles. The third kappa shape index (κ3) is 17.6. The van der Waals surface area contributed by atoms with Gasteiger partial charge in [0.1, 0.15) is 0 Å². The fourth-order valence-electron chi connectivity index (χ4n) is 0.594. The maximum atomic E-state index is 7.25. The molecular formula is C10H18N2OW-4. The van der Waals surface area contributed by atoms with Crippen molar-refractivity contribution < 1.29 is 21.1 Å². The van der Waals surface area contributed by atoms with E-state index in [4.69, 9.17) is 10.5 Å². The summed E-state index contributed by atoms with van der Waals surface area (Å²) in [5.74, 6) is 0. The van der Waals surface area contributed by atoms with Crippen LogP contribution < -0.4 is 0 Å². The Kier molecular flexibility index (Phi) is 38.3. The fourth-order valence-corrected chi connectivity index (χ4v) is 0.594. The van der Waals surface area contributed by atoms with Crippen molar-refractivity contribution in [3.8, 4) is 0 Å². The largest absolute Gasteiger partial charge is 0.577 e. The molecule has 1 rings (SSSR count). The van der Waals surface area contributed by atoms with E-state index in [1.54, 1.807) is 13.8 Å². The van der Waals surface area contributed by atoms with Crippen LogP contribution in [0.5, 0.6) is 0 Å². The predicted octanol–water partition coefficient (Wildman–Crippen LogP) is 3.42. The molecule has 0 atom stereocenters. The second-order valence-electron chi connectivity index (χ2n) is 1.73. The van der Waals surface area contributed by atoms with Crippen molar-refractivity contribution in [2.45, 2.75) is 27.7 Å². The molecule has 0 saturated heterocycles. The maximum absolute atomic E-state index is 7.25. The molecule has 84 valence electrons. The van der Waals surface area contributed by atoms with Gasteiger partial charge in [-0.15, -0.1) is 5.69 Å². The number of nitrogens with zero attached hydrogens (tertiary/aromatic N) is 2. The average molecular weight is 366 g/mol. The van der Waals surface area contributed by atoms with Gasteiger partial charge >= 0.3 is 0 Å². The number of nitroso groups, excluding NO2 is 1. The molecule has 0 saturated carbocycles. The summed E-state index contributed by atoms with van der Waals surface area (Å²) in [4.78, 5) is 11.4. The minimum Gasteiger partial charge on any atom is -0.577 e. The third-order valence-electron chi connectivity index (χ3n) is 0.918. The van der Waals surface area contributed by atoms with Crippen LogP contribution >= 0.6 is 0 Å². The maximum Gasteiger partial charge on any atom is 0 e. The van der Waals surface area contributed by atoms with Crippen molar-refractivity contribution in [1.82, 2.24) is 4.98 Å². The molecule has 0 fully saturated rings. The summed E-state index contributed by atoms with van der Waals surface area (Å²) in [5.41, 5.74) is 7.97. The summed E-state index contributed by atoms with van der Waals surface area (Å²) in [6.45, 7) is 14.0. The van der Waals surface area contributed by atoms with E-state index in [-0.39, 0.29) is 21.1 Å². The Balaban J connectivity index is -0.0000000625. The Bertz CT molecular complexity index is 162. The molecule has 0 amide bonds. The third-order valence-corrected chi connectivity index (χ3v) is 0.918. The first-order valence-electron chi connectivity index (χ1n) is 3.95. The summed E-state index contributed by atoms with van der Waals surface area (Å²) in [7, 11) is 0. The van der Waals surface area contributed by atoms with Crippen LogP contribution in [0, 0.1) is 32.6 Å². The van der Waals surface area contributed by atoms with E-state index in [2.05, 4.69) is 18.8 Å². The molecule has 0 spiro atoms. The van der Waals surface area contributed by atoms with E-state index in [0.29, 0.717) is 0 Å². The number of rotatable bonds is 0. The van der Waals surface area contributed by atoms with E-state index in [9.17, 15) is 0 Å². The van der Waals surface area contributed by atoms with Crippen LogP contribution in [0.2, 0.25) is 0 Å². The van der Waals surface area contributed by atoms with Crippen LogP contribution in [0.1, 0.15) is 25.2 Å². The Labute approximate surface area is 102 Å². The van der Waals surface area contributed by atoms with Crippen molar-refractivity contribution in [1.29, 1.82) is 0 Å². The second kappa shape index (κ2) is 22.9. The number of hydrogen-bond donors (Lipinski definition) is 0. The molecule has 0 aliphatic heterocycles. The molecule has 0 bridgehead atoms. The smallest absolute Gasteiger partial charge is 0 e. The average Bonchev–Trinajstić information content (AvgIpc) is 2.60. The molecule has 1 aromatic heterocycles. The van der Waals surface area contributed by atoms with Gasteiger partial charge in [0.05, 0.1) is 0 Å². The minimum atomic E-state index is 0. The van der Waals surface area contributed by atoms with Crippen molar-refractivity contribution in [3.63, 3.8) is 0 Å². The van der Waals surface area contributed by atoms with E-state index < -0.39 is 0 Å². The zero-order chi connectivity index (χ0) is 11.3. The Morgan fingerprint density at radius 3 is 1.71 bits per heavy atom. The van der Waals surface area contributed by atoms with Gasteiger partial charge in [0.15, 0.2) is 0 Å². The van der Waals surface area contributed by atoms with Crippen molar-refractivity contribution in [2.24, 2.45) is 0 Å². The van der Waals surface area contributed by atoms with E-state index in [1.807, 2.05) is 26.0 Å². The van der Waals surface area contributed by atoms with Crippen LogP contribution in [0.25, 0.3) is 5.59 Å². The van der Waals surface area contributed by atoms with Crippen molar-refractivity contribution in [2.75, 3.05) is 0 Å². The molecule has 1 aromatic rings. The second-order valence-corrected chi connectivity index (χ2v) is 1.73. The van der Waals surface area contributed by atoms with E-state index in [0.717, 1.165) is 11.4 Å². The quantitative estimate of drug-likeness (QED) is 0.661. The first kappa shape index (κ1) is 23.4. The fraction of sp³-hybridized carbons (Fsp3) is 0.400. The molecule has 0 aromatic carbocycles. The molecule has 0 unspecified atom stereocenters. The predicted molar refractivity (Wildman–Crippen MR) is 58.1 cm³/mol.